The zero-order valence-electron chi connectivity index (χ0n) is 10.2. The largest absolute Gasteiger partial charge is 0.353 e. The Kier molecular flexibility index (Phi) is 4.12. The lowest BCUT2D eigenvalue weighted by Crippen LogP contribution is -2.15. The average molecular weight is 263 g/mol. The highest BCUT2D eigenvalue weighted by atomic mass is 35.5. The predicted molar refractivity (Wildman–Crippen MR) is 74.8 cm³/mol. The summed E-state index contributed by atoms with van der Waals surface area (Å²) < 4.78 is 0. The second-order valence-corrected chi connectivity index (χ2v) is 4.38. The van der Waals surface area contributed by atoms with Crippen LogP contribution in [0.4, 0.5) is 5.95 Å². The number of aromatic nitrogens is 2. The summed E-state index contributed by atoms with van der Waals surface area (Å²) >= 11 is 5.88. The number of hydrogen-bond acceptors (Lipinski definition) is 4. The number of hydrogen-bond donors (Lipinski definition) is 2. The molecule has 0 radical (unpaired) electrons. The first-order valence-electron chi connectivity index (χ1n) is 5.74. The lowest BCUT2D eigenvalue weighted by molar-refractivity contribution is 0.986. The van der Waals surface area contributed by atoms with Gasteiger partial charge in [0.25, 0.3) is 0 Å². The maximum atomic E-state index is 5.88. The summed E-state index contributed by atoms with van der Waals surface area (Å²) in [7, 11) is 0. The third-order valence-corrected chi connectivity index (χ3v) is 2.77. The summed E-state index contributed by atoms with van der Waals surface area (Å²) in [6, 6.07) is 7.60. The van der Waals surface area contributed by atoms with E-state index in [1.165, 1.54) is 0 Å². The zero-order chi connectivity index (χ0) is 13.0. The standard InChI is InChI=1S/C13H15ClN4/c1-9-8-17-13(16-7-6-15)18-12(9)10-2-4-11(14)5-3-10/h2-5,8H,6-7,15H2,1H3,(H,16,17,18). The Bertz CT molecular complexity index is 525. The van der Waals surface area contributed by atoms with Gasteiger partial charge in [-0.05, 0) is 24.6 Å². The summed E-state index contributed by atoms with van der Waals surface area (Å²) in [5.74, 6) is 0.594. The van der Waals surface area contributed by atoms with Gasteiger partial charge in [-0.1, -0.05) is 23.7 Å². The number of nitrogens with one attached hydrogen (secondary N) is 1. The zero-order valence-corrected chi connectivity index (χ0v) is 10.9. The molecule has 18 heavy (non-hydrogen) atoms. The Balaban J connectivity index is 2.33. The summed E-state index contributed by atoms with van der Waals surface area (Å²) in [5, 5.41) is 3.78. The van der Waals surface area contributed by atoms with Gasteiger partial charge >= 0.3 is 0 Å². The van der Waals surface area contributed by atoms with Gasteiger partial charge in [-0.2, -0.15) is 0 Å². The van der Waals surface area contributed by atoms with Crippen molar-refractivity contribution in [2.24, 2.45) is 5.73 Å². The van der Waals surface area contributed by atoms with Crippen molar-refractivity contribution in [2.45, 2.75) is 6.92 Å². The summed E-state index contributed by atoms with van der Waals surface area (Å²) in [6.45, 7) is 3.19. The number of nitrogens with zero attached hydrogens (tertiary/aromatic N) is 2. The van der Waals surface area contributed by atoms with Crippen LogP contribution in [-0.2, 0) is 0 Å². The Hall–Kier alpha value is -1.65. The molecule has 0 aliphatic rings. The first-order valence-corrected chi connectivity index (χ1v) is 6.12. The summed E-state index contributed by atoms with van der Waals surface area (Å²) in [5.41, 5.74) is 8.39. The van der Waals surface area contributed by atoms with Crippen molar-refractivity contribution in [3.63, 3.8) is 0 Å². The van der Waals surface area contributed by atoms with Crippen LogP contribution in [0.3, 0.4) is 0 Å². The maximum Gasteiger partial charge on any atom is 0.223 e. The second-order valence-electron chi connectivity index (χ2n) is 3.95. The highest BCUT2D eigenvalue weighted by Gasteiger charge is 2.06. The van der Waals surface area contributed by atoms with Crippen molar-refractivity contribution in [2.75, 3.05) is 18.4 Å². The van der Waals surface area contributed by atoms with E-state index in [0.717, 1.165) is 16.8 Å². The quantitative estimate of drug-likeness (QED) is 0.889. The van der Waals surface area contributed by atoms with E-state index in [0.29, 0.717) is 24.1 Å². The van der Waals surface area contributed by atoms with Gasteiger partial charge in [0.2, 0.25) is 5.95 Å². The van der Waals surface area contributed by atoms with Gasteiger partial charge in [-0.15, -0.1) is 0 Å². The molecule has 1 heterocycles. The van der Waals surface area contributed by atoms with Gasteiger partial charge in [0, 0.05) is 29.9 Å². The minimum Gasteiger partial charge on any atom is -0.353 e. The molecule has 2 rings (SSSR count). The molecule has 0 unspecified atom stereocenters. The molecule has 0 bridgehead atoms. The molecule has 2 aromatic rings. The Morgan fingerprint density at radius 3 is 2.67 bits per heavy atom. The second kappa shape index (κ2) is 5.80. The van der Waals surface area contributed by atoms with Crippen molar-refractivity contribution >= 4 is 17.5 Å². The molecule has 0 saturated carbocycles. The molecular weight excluding hydrogens is 248 g/mol. The smallest absolute Gasteiger partial charge is 0.223 e. The summed E-state index contributed by atoms with van der Waals surface area (Å²) in [4.78, 5) is 8.70. The van der Waals surface area contributed by atoms with Crippen molar-refractivity contribution in [1.82, 2.24) is 9.97 Å². The van der Waals surface area contributed by atoms with Crippen LogP contribution in [0.15, 0.2) is 30.5 Å². The highest BCUT2D eigenvalue weighted by Crippen LogP contribution is 2.23. The molecular formula is C13H15ClN4. The monoisotopic (exact) mass is 262 g/mol. The molecule has 4 nitrogen and oxygen atoms in total. The Morgan fingerprint density at radius 2 is 2.00 bits per heavy atom. The van der Waals surface area contributed by atoms with E-state index in [-0.39, 0.29) is 0 Å². The van der Waals surface area contributed by atoms with Crippen LogP contribution in [0, 0.1) is 6.92 Å². The average Bonchev–Trinajstić information content (AvgIpc) is 2.39. The SMILES string of the molecule is Cc1cnc(NCCN)nc1-c1ccc(Cl)cc1. The molecule has 0 aliphatic heterocycles. The molecule has 1 aromatic heterocycles. The third kappa shape index (κ3) is 2.97. The van der Waals surface area contributed by atoms with Crippen LogP contribution in [0.1, 0.15) is 5.56 Å². The minimum absolute atomic E-state index is 0.549. The molecule has 3 N–H and O–H groups in total. The minimum atomic E-state index is 0.549. The number of anilines is 1. The Labute approximate surface area is 111 Å². The lowest BCUT2D eigenvalue weighted by Gasteiger charge is -2.08. The van der Waals surface area contributed by atoms with Gasteiger partial charge in [-0.25, -0.2) is 9.97 Å². The lowest BCUT2D eigenvalue weighted by atomic mass is 10.1. The molecule has 0 atom stereocenters. The number of aryl methyl sites for hydroxylation is 1. The van der Waals surface area contributed by atoms with Gasteiger partial charge in [0.1, 0.15) is 0 Å². The van der Waals surface area contributed by atoms with E-state index in [1.807, 2.05) is 31.2 Å². The van der Waals surface area contributed by atoms with Crippen molar-refractivity contribution in [1.29, 1.82) is 0 Å². The van der Waals surface area contributed by atoms with Crippen LogP contribution in [0.2, 0.25) is 5.02 Å². The fraction of sp³-hybridized carbons (Fsp3) is 0.231. The van der Waals surface area contributed by atoms with Gasteiger partial charge in [0.15, 0.2) is 0 Å². The van der Waals surface area contributed by atoms with Crippen molar-refractivity contribution in [3.8, 4) is 11.3 Å². The molecule has 5 heteroatoms. The van der Waals surface area contributed by atoms with Crippen LogP contribution in [-0.4, -0.2) is 23.1 Å². The van der Waals surface area contributed by atoms with E-state index >= 15 is 0 Å². The number of benzene rings is 1. The van der Waals surface area contributed by atoms with E-state index in [2.05, 4.69) is 15.3 Å². The molecule has 1 aromatic carbocycles. The van der Waals surface area contributed by atoms with Crippen LogP contribution >= 0.6 is 11.6 Å². The molecule has 0 aliphatic carbocycles. The number of halogens is 1. The third-order valence-electron chi connectivity index (χ3n) is 2.52. The van der Waals surface area contributed by atoms with E-state index in [9.17, 15) is 0 Å². The number of rotatable bonds is 4. The fourth-order valence-electron chi connectivity index (χ4n) is 1.61. The van der Waals surface area contributed by atoms with Gasteiger partial charge < -0.3 is 11.1 Å². The Morgan fingerprint density at radius 1 is 1.28 bits per heavy atom. The normalized spacial score (nSPS) is 10.4. The highest BCUT2D eigenvalue weighted by molar-refractivity contribution is 6.30. The summed E-state index contributed by atoms with van der Waals surface area (Å²) in [6.07, 6.45) is 1.80. The topological polar surface area (TPSA) is 63.8 Å². The first kappa shape index (κ1) is 12.8. The first-order chi connectivity index (χ1) is 8.70. The van der Waals surface area contributed by atoms with Gasteiger partial charge in [-0.3, -0.25) is 0 Å². The molecule has 0 spiro atoms. The predicted octanol–water partition coefficient (Wildman–Crippen LogP) is 2.48. The molecule has 0 saturated heterocycles. The molecule has 0 amide bonds. The van der Waals surface area contributed by atoms with Gasteiger partial charge in [0.05, 0.1) is 5.69 Å². The van der Waals surface area contributed by atoms with Crippen LogP contribution in [0.5, 0.6) is 0 Å². The van der Waals surface area contributed by atoms with E-state index in [4.69, 9.17) is 17.3 Å². The fourth-order valence-corrected chi connectivity index (χ4v) is 1.74. The van der Waals surface area contributed by atoms with Crippen molar-refractivity contribution in [3.05, 3.63) is 41.0 Å². The van der Waals surface area contributed by atoms with E-state index < -0.39 is 0 Å². The van der Waals surface area contributed by atoms with Crippen LogP contribution < -0.4 is 11.1 Å². The number of nitrogens with two attached hydrogens (primary N) is 1. The van der Waals surface area contributed by atoms with E-state index in [1.54, 1.807) is 6.20 Å². The van der Waals surface area contributed by atoms with Crippen molar-refractivity contribution < 1.29 is 0 Å². The maximum absolute atomic E-state index is 5.88. The molecule has 94 valence electrons. The molecule has 0 fully saturated rings. The van der Waals surface area contributed by atoms with Crippen LogP contribution in [0.25, 0.3) is 11.3 Å².